The Balaban J connectivity index is 1.57. The Bertz CT molecular complexity index is 984. The number of Topliss-reactive ketones (excluding diaryl/α,β-unsaturated/α-hetero) is 2. The van der Waals surface area contributed by atoms with Gasteiger partial charge in [-0.1, -0.05) is 6.07 Å². The van der Waals surface area contributed by atoms with Crippen molar-refractivity contribution in [3.05, 3.63) is 51.7 Å². The Labute approximate surface area is 191 Å². The van der Waals surface area contributed by atoms with E-state index < -0.39 is 23.7 Å². The molecule has 2 aromatic rings. The molecule has 32 heavy (non-hydrogen) atoms. The van der Waals surface area contributed by atoms with Gasteiger partial charge in [0.05, 0.1) is 32.9 Å². The maximum atomic E-state index is 13.5. The molecule has 4 rings (SSSR count). The summed E-state index contributed by atoms with van der Waals surface area (Å²) in [5, 5.41) is 1.91. The third-order valence-electron chi connectivity index (χ3n) is 6.33. The molecule has 170 valence electrons. The molecule has 2 aliphatic heterocycles. The number of amides is 1. The van der Waals surface area contributed by atoms with Gasteiger partial charge >= 0.3 is 0 Å². The molecule has 1 amide bonds. The normalized spacial score (nSPS) is 21.9. The zero-order chi connectivity index (χ0) is 22.7. The fourth-order valence-corrected chi connectivity index (χ4v) is 5.50. The van der Waals surface area contributed by atoms with Gasteiger partial charge in [-0.2, -0.15) is 0 Å². The first kappa shape index (κ1) is 22.6. The van der Waals surface area contributed by atoms with Crippen LogP contribution >= 0.6 is 11.3 Å². The molecule has 0 bridgehead atoms. The molecule has 2 aliphatic rings. The smallest absolute Gasteiger partial charge is 0.291 e. The molecule has 0 spiro atoms. The van der Waals surface area contributed by atoms with E-state index in [-0.39, 0.29) is 5.78 Å². The van der Waals surface area contributed by atoms with Gasteiger partial charge in [0.1, 0.15) is 24.8 Å². The Morgan fingerprint density at radius 2 is 2.03 bits per heavy atom. The standard InChI is InChI=1S/C24H28N2O5S/c1-16-15-17(6-7-18(16)30-2)22(27)20-21(19-5-3-14-32-19)26(24(29)23(20)28)9-4-8-25-10-12-31-13-11-25/h3,5-7,14-15,20-21H,4,8-13H2,1-2H3/p+1. The number of hydrogen-bond acceptors (Lipinski definition) is 6. The highest BCUT2D eigenvalue weighted by Crippen LogP contribution is 2.40. The molecule has 8 heteroatoms. The van der Waals surface area contributed by atoms with E-state index in [4.69, 9.17) is 9.47 Å². The van der Waals surface area contributed by atoms with Gasteiger partial charge in [-0.05, 0) is 42.1 Å². The zero-order valence-electron chi connectivity index (χ0n) is 18.5. The Hall–Kier alpha value is -2.55. The quantitative estimate of drug-likeness (QED) is 0.368. The number of thiophene rings is 1. The van der Waals surface area contributed by atoms with Crippen molar-refractivity contribution in [2.24, 2.45) is 5.92 Å². The predicted octanol–water partition coefficient (Wildman–Crippen LogP) is 1.32. The van der Waals surface area contributed by atoms with Crippen LogP contribution in [0.4, 0.5) is 0 Å². The van der Waals surface area contributed by atoms with Gasteiger partial charge in [0.25, 0.3) is 5.91 Å². The molecule has 2 unspecified atom stereocenters. The molecule has 0 radical (unpaired) electrons. The Morgan fingerprint density at radius 3 is 2.69 bits per heavy atom. The fraction of sp³-hybridized carbons (Fsp3) is 0.458. The number of nitrogens with zero attached hydrogens (tertiary/aromatic N) is 1. The van der Waals surface area contributed by atoms with Crippen LogP contribution in [-0.2, 0) is 14.3 Å². The number of nitrogens with one attached hydrogen (secondary N) is 1. The van der Waals surface area contributed by atoms with Crippen LogP contribution in [0.5, 0.6) is 5.75 Å². The van der Waals surface area contributed by atoms with Crippen molar-refractivity contribution in [3.8, 4) is 5.75 Å². The van der Waals surface area contributed by atoms with Crippen molar-refractivity contribution in [1.82, 2.24) is 4.90 Å². The zero-order valence-corrected chi connectivity index (χ0v) is 19.3. The van der Waals surface area contributed by atoms with E-state index in [0.717, 1.165) is 49.7 Å². The minimum absolute atomic E-state index is 0.311. The van der Waals surface area contributed by atoms with Gasteiger partial charge in [0, 0.05) is 23.4 Å². The molecule has 1 aromatic carbocycles. The number of likely N-dealkylation sites (tertiary alicyclic amines) is 1. The summed E-state index contributed by atoms with van der Waals surface area (Å²) in [6.45, 7) is 6.66. The first-order chi connectivity index (χ1) is 15.5. The van der Waals surface area contributed by atoms with Crippen LogP contribution in [0.25, 0.3) is 0 Å². The SMILES string of the molecule is COc1ccc(C(=O)C2C(=O)C(=O)N(CCC[NH+]3CCOCC3)C2c2cccs2)cc1C. The summed E-state index contributed by atoms with van der Waals surface area (Å²) in [6, 6.07) is 8.37. The number of rotatable bonds is 8. The summed E-state index contributed by atoms with van der Waals surface area (Å²) >= 11 is 1.48. The lowest BCUT2D eigenvalue weighted by atomic mass is 9.88. The molecule has 7 nitrogen and oxygen atoms in total. The van der Waals surface area contributed by atoms with Crippen LogP contribution in [0, 0.1) is 12.8 Å². The minimum atomic E-state index is -1.02. The van der Waals surface area contributed by atoms with Crippen LogP contribution < -0.4 is 9.64 Å². The number of carbonyl (C=O) groups is 3. The van der Waals surface area contributed by atoms with Crippen molar-refractivity contribution in [3.63, 3.8) is 0 Å². The molecule has 2 atom stereocenters. The van der Waals surface area contributed by atoms with Crippen LogP contribution in [0.1, 0.15) is 33.3 Å². The van der Waals surface area contributed by atoms with Crippen molar-refractivity contribution >= 4 is 28.8 Å². The topological polar surface area (TPSA) is 77.4 Å². The molecule has 0 saturated carbocycles. The lowest BCUT2D eigenvalue weighted by Crippen LogP contribution is -3.14. The van der Waals surface area contributed by atoms with Gasteiger partial charge in [-0.3, -0.25) is 14.4 Å². The minimum Gasteiger partial charge on any atom is -0.496 e. The third-order valence-corrected chi connectivity index (χ3v) is 7.27. The predicted molar refractivity (Wildman–Crippen MR) is 120 cm³/mol. The van der Waals surface area contributed by atoms with E-state index in [2.05, 4.69) is 0 Å². The molecular formula is C24H29N2O5S+. The molecule has 3 heterocycles. The van der Waals surface area contributed by atoms with Crippen LogP contribution in [0.15, 0.2) is 35.7 Å². The summed E-state index contributed by atoms with van der Waals surface area (Å²) < 4.78 is 10.7. The number of methoxy groups -OCH3 is 1. The highest BCUT2D eigenvalue weighted by atomic mass is 32.1. The van der Waals surface area contributed by atoms with Crippen molar-refractivity contribution < 1.29 is 28.8 Å². The van der Waals surface area contributed by atoms with E-state index in [1.54, 1.807) is 30.2 Å². The first-order valence-electron chi connectivity index (χ1n) is 11.0. The summed E-state index contributed by atoms with van der Waals surface area (Å²) in [6.07, 6.45) is 0.777. The monoisotopic (exact) mass is 457 g/mol. The molecule has 2 saturated heterocycles. The van der Waals surface area contributed by atoms with E-state index in [1.165, 1.54) is 16.2 Å². The fourth-order valence-electron chi connectivity index (χ4n) is 4.63. The summed E-state index contributed by atoms with van der Waals surface area (Å²) in [7, 11) is 1.58. The number of quaternary nitrogens is 1. The van der Waals surface area contributed by atoms with Crippen LogP contribution in [0.2, 0.25) is 0 Å². The number of hydrogen-bond donors (Lipinski definition) is 1. The average Bonchev–Trinajstić information content (AvgIpc) is 3.42. The number of aryl methyl sites for hydroxylation is 1. The van der Waals surface area contributed by atoms with Gasteiger partial charge in [0.2, 0.25) is 5.78 Å². The maximum absolute atomic E-state index is 13.5. The van der Waals surface area contributed by atoms with Crippen molar-refractivity contribution in [2.75, 3.05) is 46.5 Å². The summed E-state index contributed by atoms with van der Waals surface area (Å²) in [5.74, 6) is -1.82. The Kier molecular flexibility index (Phi) is 7.03. The second kappa shape index (κ2) is 9.94. The number of benzene rings is 1. The second-order valence-electron chi connectivity index (χ2n) is 8.32. The van der Waals surface area contributed by atoms with Gasteiger partial charge in [-0.15, -0.1) is 11.3 Å². The summed E-state index contributed by atoms with van der Waals surface area (Å²) in [5.41, 5.74) is 1.24. The summed E-state index contributed by atoms with van der Waals surface area (Å²) in [4.78, 5) is 43.4. The van der Waals surface area contributed by atoms with Crippen molar-refractivity contribution in [2.45, 2.75) is 19.4 Å². The number of ether oxygens (including phenoxy) is 2. The van der Waals surface area contributed by atoms with E-state index in [9.17, 15) is 14.4 Å². The lowest BCUT2D eigenvalue weighted by molar-refractivity contribution is -0.908. The molecular weight excluding hydrogens is 428 g/mol. The van der Waals surface area contributed by atoms with Gasteiger partial charge in [-0.25, -0.2) is 0 Å². The molecule has 1 N–H and O–H groups in total. The average molecular weight is 458 g/mol. The molecule has 0 aliphatic carbocycles. The second-order valence-corrected chi connectivity index (χ2v) is 9.29. The van der Waals surface area contributed by atoms with Gasteiger partial charge in [0.15, 0.2) is 5.78 Å². The molecule has 1 aromatic heterocycles. The number of carbonyl (C=O) groups excluding carboxylic acids is 3. The number of morpholine rings is 1. The highest BCUT2D eigenvalue weighted by molar-refractivity contribution is 7.10. The van der Waals surface area contributed by atoms with Crippen LogP contribution in [-0.4, -0.2) is 68.9 Å². The van der Waals surface area contributed by atoms with E-state index in [0.29, 0.717) is 17.9 Å². The Morgan fingerprint density at radius 1 is 1.25 bits per heavy atom. The molecule has 2 fully saturated rings. The lowest BCUT2D eigenvalue weighted by Gasteiger charge is -2.28. The largest absolute Gasteiger partial charge is 0.496 e. The first-order valence-corrected chi connectivity index (χ1v) is 11.9. The van der Waals surface area contributed by atoms with Crippen molar-refractivity contribution in [1.29, 1.82) is 0 Å². The third kappa shape index (κ3) is 4.48. The number of ketones is 2. The van der Waals surface area contributed by atoms with E-state index >= 15 is 0 Å². The van der Waals surface area contributed by atoms with Gasteiger partial charge < -0.3 is 19.3 Å². The highest BCUT2D eigenvalue weighted by Gasteiger charge is 2.51. The van der Waals surface area contributed by atoms with E-state index in [1.807, 2.05) is 24.4 Å². The maximum Gasteiger partial charge on any atom is 0.291 e. The van der Waals surface area contributed by atoms with Crippen LogP contribution in [0.3, 0.4) is 0 Å².